The smallest absolute Gasteiger partial charge is 0.441 e. The maximum absolute atomic E-state index is 11.5. The summed E-state index contributed by atoms with van der Waals surface area (Å²) in [6.07, 6.45) is 0. The lowest BCUT2D eigenvalue weighted by Gasteiger charge is -2.01. The second-order valence-electron chi connectivity index (χ2n) is 2.91. The zero-order chi connectivity index (χ0) is 11.0. The van der Waals surface area contributed by atoms with E-state index in [4.69, 9.17) is 15.0 Å². The lowest BCUT2D eigenvalue weighted by molar-refractivity contribution is 0.414. The molecule has 1 heterocycles. The summed E-state index contributed by atoms with van der Waals surface area (Å²) in [7, 11) is 1.47. The fourth-order valence-corrected chi connectivity index (χ4v) is 1.25. The molecular weight excluding hydrogens is 200 g/mol. The number of nitrogens with two attached hydrogens (primary N) is 1. The first-order chi connectivity index (χ1) is 7.13. The van der Waals surface area contributed by atoms with E-state index in [9.17, 15) is 9.59 Å². The molecule has 1 aromatic heterocycles. The van der Waals surface area contributed by atoms with Crippen molar-refractivity contribution >= 4 is 11.0 Å². The van der Waals surface area contributed by atoms with Gasteiger partial charge in [-0.2, -0.15) is 4.68 Å². The van der Waals surface area contributed by atoms with Crippen LogP contribution in [0.4, 0.5) is 0 Å². The van der Waals surface area contributed by atoms with E-state index in [1.54, 1.807) is 6.07 Å². The number of hydrogen-bond donors (Lipinski definition) is 1. The van der Waals surface area contributed by atoms with Gasteiger partial charge in [-0.1, -0.05) is 0 Å². The highest BCUT2D eigenvalue weighted by molar-refractivity contribution is 5.77. The van der Waals surface area contributed by atoms with Crippen LogP contribution < -0.4 is 21.9 Å². The number of aromatic nitrogens is 1. The van der Waals surface area contributed by atoms with E-state index in [0.29, 0.717) is 10.4 Å². The predicted molar refractivity (Wildman–Crippen MR) is 53.4 cm³/mol. The van der Waals surface area contributed by atoms with Gasteiger partial charge in [0.25, 0.3) is 5.56 Å². The van der Waals surface area contributed by atoms with Gasteiger partial charge in [-0.25, -0.2) is 4.79 Å². The van der Waals surface area contributed by atoms with Crippen molar-refractivity contribution in [3.8, 4) is 5.75 Å². The van der Waals surface area contributed by atoms with Crippen molar-refractivity contribution in [2.45, 2.75) is 0 Å². The molecule has 2 aromatic rings. The van der Waals surface area contributed by atoms with Crippen LogP contribution in [0.3, 0.4) is 0 Å². The molecule has 0 saturated heterocycles. The lowest BCUT2D eigenvalue weighted by atomic mass is 10.2. The maximum atomic E-state index is 11.5. The Morgan fingerprint density at radius 2 is 2.13 bits per heavy atom. The molecule has 15 heavy (non-hydrogen) atoms. The number of benzene rings is 1. The lowest BCUT2D eigenvalue weighted by Crippen LogP contribution is -2.38. The Morgan fingerprint density at radius 1 is 1.40 bits per heavy atom. The summed E-state index contributed by atoms with van der Waals surface area (Å²) in [5.41, 5.74) is -0.423. The third-order valence-corrected chi connectivity index (χ3v) is 2.03. The first-order valence-electron chi connectivity index (χ1n) is 4.12. The van der Waals surface area contributed by atoms with E-state index in [0.717, 1.165) is 0 Å². The molecule has 0 saturated carbocycles. The van der Waals surface area contributed by atoms with Gasteiger partial charge in [0.15, 0.2) is 0 Å². The van der Waals surface area contributed by atoms with Gasteiger partial charge in [0.1, 0.15) is 11.3 Å². The highest BCUT2D eigenvalue weighted by Crippen LogP contribution is 2.15. The van der Waals surface area contributed by atoms with Crippen LogP contribution in [0.1, 0.15) is 0 Å². The third kappa shape index (κ3) is 1.35. The van der Waals surface area contributed by atoms with E-state index >= 15 is 0 Å². The molecule has 78 valence electrons. The average molecular weight is 208 g/mol. The molecule has 0 aliphatic carbocycles. The number of nitrogen functional groups attached to an aromatic ring is 1. The van der Waals surface area contributed by atoms with Crippen LogP contribution in [0.5, 0.6) is 5.75 Å². The normalized spacial score (nSPS) is 10.5. The number of ether oxygens (including phenoxy) is 1. The number of nitrogens with zero attached hydrogens (tertiary/aromatic N) is 1. The van der Waals surface area contributed by atoms with Crippen molar-refractivity contribution < 1.29 is 9.15 Å². The Kier molecular flexibility index (Phi) is 1.96. The van der Waals surface area contributed by atoms with Crippen LogP contribution in [0.15, 0.2) is 32.2 Å². The summed E-state index contributed by atoms with van der Waals surface area (Å²) in [5, 5.41) is 0.205. The van der Waals surface area contributed by atoms with E-state index < -0.39 is 11.3 Å². The van der Waals surface area contributed by atoms with Crippen LogP contribution in [-0.2, 0) is 0 Å². The summed E-state index contributed by atoms with van der Waals surface area (Å²) in [6, 6.07) is 4.53. The van der Waals surface area contributed by atoms with Crippen molar-refractivity contribution in [1.29, 1.82) is 0 Å². The second-order valence-corrected chi connectivity index (χ2v) is 2.91. The Hall–Kier alpha value is -2.24. The topological polar surface area (TPSA) is 87.5 Å². The minimum absolute atomic E-state index is 0.188. The fraction of sp³-hybridized carbons (Fsp3) is 0.111. The van der Waals surface area contributed by atoms with E-state index in [-0.39, 0.29) is 11.0 Å². The summed E-state index contributed by atoms with van der Waals surface area (Å²) in [4.78, 5) is 22.6. The Labute approximate surface area is 83.5 Å². The van der Waals surface area contributed by atoms with Gasteiger partial charge in [0.2, 0.25) is 0 Å². The van der Waals surface area contributed by atoms with E-state index in [1.807, 2.05) is 0 Å². The van der Waals surface area contributed by atoms with Crippen molar-refractivity contribution in [2.75, 3.05) is 13.0 Å². The number of methoxy groups -OCH3 is 1. The molecule has 0 atom stereocenters. The highest BCUT2D eigenvalue weighted by atomic mass is 16.5. The van der Waals surface area contributed by atoms with Gasteiger partial charge in [-0.05, 0) is 18.2 Å². The van der Waals surface area contributed by atoms with Crippen LogP contribution >= 0.6 is 0 Å². The van der Waals surface area contributed by atoms with Gasteiger partial charge < -0.3 is 15.0 Å². The molecule has 0 spiro atoms. The first kappa shape index (κ1) is 9.32. The Bertz CT molecular complexity index is 626. The minimum Gasteiger partial charge on any atom is -0.497 e. The molecule has 0 aliphatic heterocycles. The summed E-state index contributed by atoms with van der Waals surface area (Å²) in [6.45, 7) is 0. The van der Waals surface area contributed by atoms with E-state index in [1.165, 1.54) is 19.2 Å². The third-order valence-electron chi connectivity index (χ3n) is 2.03. The SMILES string of the molecule is COc1ccc2oc(=O)n(N)c(=O)c2c1. The summed E-state index contributed by atoms with van der Waals surface area (Å²) < 4.78 is 10.2. The zero-order valence-corrected chi connectivity index (χ0v) is 7.89. The second kappa shape index (κ2) is 3.16. The predicted octanol–water partition coefficient (Wildman–Crippen LogP) is -0.323. The monoisotopic (exact) mass is 208 g/mol. The molecule has 0 fully saturated rings. The average Bonchev–Trinajstić information content (AvgIpc) is 2.26. The van der Waals surface area contributed by atoms with Crippen LogP contribution in [0, 0.1) is 0 Å². The summed E-state index contributed by atoms with van der Waals surface area (Å²) >= 11 is 0. The van der Waals surface area contributed by atoms with E-state index in [2.05, 4.69) is 0 Å². The zero-order valence-electron chi connectivity index (χ0n) is 7.89. The largest absolute Gasteiger partial charge is 0.497 e. The molecule has 0 amide bonds. The van der Waals surface area contributed by atoms with Crippen molar-refractivity contribution in [3.63, 3.8) is 0 Å². The fourth-order valence-electron chi connectivity index (χ4n) is 1.25. The minimum atomic E-state index is -0.891. The van der Waals surface area contributed by atoms with Gasteiger partial charge in [0, 0.05) is 0 Å². The molecule has 1 aromatic carbocycles. The molecule has 6 nitrogen and oxygen atoms in total. The molecule has 0 bridgehead atoms. The Balaban J connectivity index is 2.94. The first-order valence-corrected chi connectivity index (χ1v) is 4.12. The van der Waals surface area contributed by atoms with Crippen molar-refractivity contribution in [3.05, 3.63) is 39.1 Å². The van der Waals surface area contributed by atoms with Crippen LogP contribution in [-0.4, -0.2) is 11.8 Å². The molecule has 6 heteroatoms. The summed E-state index contributed by atoms with van der Waals surface area (Å²) in [5.74, 6) is 4.80. The molecule has 0 unspecified atom stereocenters. The molecule has 0 radical (unpaired) electrons. The molecule has 0 aliphatic rings. The Morgan fingerprint density at radius 3 is 2.80 bits per heavy atom. The molecule has 2 rings (SSSR count). The molecule has 2 N–H and O–H groups in total. The van der Waals surface area contributed by atoms with Crippen molar-refractivity contribution in [1.82, 2.24) is 4.68 Å². The van der Waals surface area contributed by atoms with Crippen LogP contribution in [0.25, 0.3) is 11.0 Å². The van der Waals surface area contributed by atoms with Gasteiger partial charge in [0.05, 0.1) is 12.5 Å². The van der Waals surface area contributed by atoms with Crippen LogP contribution in [0.2, 0.25) is 0 Å². The quantitative estimate of drug-likeness (QED) is 0.649. The number of hydrogen-bond acceptors (Lipinski definition) is 5. The standard InChI is InChI=1S/C9H8N2O4/c1-14-5-2-3-7-6(4-5)8(12)11(10)9(13)15-7/h2-4H,10H2,1H3. The molecular formula is C9H8N2O4. The highest BCUT2D eigenvalue weighted by Gasteiger charge is 2.07. The van der Waals surface area contributed by atoms with Gasteiger partial charge in [-0.3, -0.25) is 4.79 Å². The number of fused-ring (bicyclic) bond motifs is 1. The van der Waals surface area contributed by atoms with Crippen molar-refractivity contribution in [2.24, 2.45) is 0 Å². The van der Waals surface area contributed by atoms with Gasteiger partial charge in [-0.15, -0.1) is 0 Å². The number of rotatable bonds is 1. The maximum Gasteiger partial charge on any atom is 0.441 e. The van der Waals surface area contributed by atoms with Gasteiger partial charge >= 0.3 is 5.76 Å².